The molecule has 0 heterocycles. The molecular weight excluding hydrogens is 336 g/mol. The highest BCUT2D eigenvalue weighted by atomic mass is 35.5. The third kappa shape index (κ3) is 2.77. The van der Waals surface area contributed by atoms with E-state index in [1.807, 2.05) is 0 Å². The van der Waals surface area contributed by atoms with Crippen LogP contribution in [0.2, 0.25) is 5.02 Å². The maximum Gasteiger partial charge on any atom is 0.234 e. The summed E-state index contributed by atoms with van der Waals surface area (Å²) in [5.74, 6) is 0. The van der Waals surface area contributed by atoms with Crippen molar-refractivity contribution in [3.8, 4) is 0 Å². The number of primary sulfonamides is 2. The number of nitrogens with two attached hydrogens (primary N) is 2. The van der Waals surface area contributed by atoms with Crippen LogP contribution in [0.5, 0.6) is 0 Å². The zero-order valence-corrected chi connectivity index (χ0v) is 13.1. The summed E-state index contributed by atoms with van der Waals surface area (Å²) < 4.78 is 44.4. The van der Waals surface area contributed by atoms with Crippen molar-refractivity contribution in [1.82, 2.24) is 0 Å². The Bertz CT molecular complexity index is 810. The van der Waals surface area contributed by atoms with Gasteiger partial charge in [-0.25, -0.2) is 27.1 Å². The summed E-state index contributed by atoms with van der Waals surface area (Å²) in [6, 6.07) is 6.92. The predicted octanol–water partition coefficient (Wildman–Crippen LogP) is 0.957. The van der Waals surface area contributed by atoms with E-state index >= 15 is 0 Å². The van der Waals surface area contributed by atoms with Crippen molar-refractivity contribution in [2.45, 2.75) is 10.5 Å². The van der Waals surface area contributed by atoms with E-state index in [0.29, 0.717) is 16.2 Å². The quantitative estimate of drug-likeness (QED) is 0.844. The van der Waals surface area contributed by atoms with Crippen LogP contribution in [0, 0.1) is 0 Å². The van der Waals surface area contributed by atoms with Gasteiger partial charge in [-0.05, 0) is 23.3 Å². The highest BCUT2D eigenvalue weighted by Gasteiger charge is 2.50. The second kappa shape index (κ2) is 5.22. The summed E-state index contributed by atoms with van der Waals surface area (Å²) in [5, 5.41) is 10.6. The first-order chi connectivity index (χ1) is 9.58. The minimum atomic E-state index is -4.44. The fourth-order valence-corrected chi connectivity index (χ4v) is 4.77. The van der Waals surface area contributed by atoms with Gasteiger partial charge in [0, 0.05) is 11.4 Å². The SMILES string of the molecule is NS(=O)(=O)C1(S(N)(=O)=O)C=CC(c2ccccc2Cl)=CC1. The van der Waals surface area contributed by atoms with Gasteiger partial charge in [-0.15, -0.1) is 0 Å². The van der Waals surface area contributed by atoms with Gasteiger partial charge in [0.1, 0.15) is 0 Å². The zero-order valence-electron chi connectivity index (χ0n) is 10.7. The number of hydrogen-bond donors (Lipinski definition) is 2. The molecule has 1 aliphatic carbocycles. The lowest BCUT2D eigenvalue weighted by atomic mass is 9.99. The van der Waals surface area contributed by atoms with Crippen LogP contribution in [0.25, 0.3) is 5.57 Å². The van der Waals surface area contributed by atoms with E-state index in [4.69, 9.17) is 21.9 Å². The predicted molar refractivity (Wildman–Crippen MR) is 82.1 cm³/mol. The van der Waals surface area contributed by atoms with Crippen molar-refractivity contribution in [2.75, 3.05) is 0 Å². The van der Waals surface area contributed by atoms with Crippen LogP contribution in [0.1, 0.15) is 12.0 Å². The maximum atomic E-state index is 11.7. The Kier molecular flexibility index (Phi) is 4.02. The molecule has 114 valence electrons. The molecule has 0 saturated heterocycles. The average Bonchev–Trinajstić information content (AvgIpc) is 2.37. The second-order valence-corrected chi connectivity index (χ2v) is 8.88. The zero-order chi connectivity index (χ0) is 15.9. The molecule has 0 aliphatic heterocycles. The monoisotopic (exact) mass is 348 g/mol. The van der Waals surface area contributed by atoms with Gasteiger partial charge in [0.05, 0.1) is 0 Å². The molecule has 0 spiro atoms. The van der Waals surface area contributed by atoms with Gasteiger partial charge < -0.3 is 0 Å². The van der Waals surface area contributed by atoms with Crippen LogP contribution in [-0.2, 0) is 20.0 Å². The fourth-order valence-electron chi connectivity index (χ4n) is 2.08. The van der Waals surface area contributed by atoms with Crippen LogP contribution in [-0.4, -0.2) is 20.9 Å². The Morgan fingerprint density at radius 1 is 1.05 bits per heavy atom. The molecule has 21 heavy (non-hydrogen) atoms. The number of benzene rings is 1. The average molecular weight is 349 g/mol. The van der Waals surface area contributed by atoms with Crippen molar-refractivity contribution in [3.05, 3.63) is 53.1 Å². The van der Waals surface area contributed by atoms with E-state index in [1.54, 1.807) is 24.3 Å². The summed E-state index contributed by atoms with van der Waals surface area (Å²) in [5.41, 5.74) is 1.26. The van der Waals surface area contributed by atoms with Crippen molar-refractivity contribution >= 4 is 37.2 Å². The summed E-state index contributed by atoms with van der Waals surface area (Å²) in [7, 11) is -8.88. The topological polar surface area (TPSA) is 120 Å². The molecule has 0 saturated carbocycles. The van der Waals surface area contributed by atoms with Crippen molar-refractivity contribution in [3.63, 3.8) is 0 Å². The molecule has 0 fully saturated rings. The Morgan fingerprint density at radius 2 is 1.62 bits per heavy atom. The first kappa shape index (κ1) is 16.2. The Balaban J connectivity index is 2.52. The second-order valence-electron chi connectivity index (χ2n) is 4.58. The first-order valence-electron chi connectivity index (χ1n) is 5.77. The van der Waals surface area contributed by atoms with E-state index in [2.05, 4.69) is 0 Å². The van der Waals surface area contributed by atoms with Crippen molar-refractivity contribution < 1.29 is 16.8 Å². The molecule has 0 unspecified atom stereocenters. The van der Waals surface area contributed by atoms with E-state index < -0.39 is 24.1 Å². The molecule has 0 aromatic heterocycles. The molecule has 4 N–H and O–H groups in total. The summed E-state index contributed by atoms with van der Waals surface area (Å²) in [6.07, 6.45) is 3.41. The first-order valence-corrected chi connectivity index (χ1v) is 9.24. The van der Waals surface area contributed by atoms with Gasteiger partial charge >= 0.3 is 0 Å². The van der Waals surface area contributed by atoms with Gasteiger partial charge in [-0.2, -0.15) is 0 Å². The lowest BCUT2D eigenvalue weighted by Gasteiger charge is -2.27. The maximum absolute atomic E-state index is 11.7. The van der Waals surface area contributed by atoms with Gasteiger partial charge in [0.2, 0.25) is 24.1 Å². The van der Waals surface area contributed by atoms with Gasteiger partial charge in [-0.3, -0.25) is 0 Å². The molecule has 0 amide bonds. The number of rotatable bonds is 3. The smallest absolute Gasteiger partial charge is 0.227 e. The molecule has 1 aliphatic rings. The Labute approximate surface area is 128 Å². The standard InChI is InChI=1S/C12H13ClN2O4S2/c13-11-4-2-1-3-10(11)9-5-7-12(8-6-9,20(14,16)17)21(15,18)19/h1-7H,8H2,(H2,14,16,17)(H2,15,18,19). The van der Waals surface area contributed by atoms with Crippen LogP contribution in [0.15, 0.2) is 42.5 Å². The van der Waals surface area contributed by atoms with Gasteiger partial charge in [0.25, 0.3) is 0 Å². The van der Waals surface area contributed by atoms with Crippen molar-refractivity contribution in [1.29, 1.82) is 0 Å². The number of halogens is 1. The molecule has 0 atom stereocenters. The van der Waals surface area contributed by atoms with Gasteiger partial charge in [-0.1, -0.05) is 42.0 Å². The highest BCUT2D eigenvalue weighted by Crippen LogP contribution is 2.36. The molecule has 9 heteroatoms. The lowest BCUT2D eigenvalue weighted by Crippen LogP contribution is -2.51. The largest absolute Gasteiger partial charge is 0.234 e. The third-order valence-electron chi connectivity index (χ3n) is 3.27. The van der Waals surface area contributed by atoms with Crippen LogP contribution in [0.3, 0.4) is 0 Å². The summed E-state index contributed by atoms with van der Waals surface area (Å²) in [6.45, 7) is 0. The third-order valence-corrected chi connectivity index (χ3v) is 7.53. The molecule has 0 radical (unpaired) electrons. The summed E-state index contributed by atoms with van der Waals surface area (Å²) >= 11 is 6.05. The molecule has 2 rings (SSSR count). The molecule has 6 nitrogen and oxygen atoms in total. The van der Waals surface area contributed by atoms with E-state index in [0.717, 1.165) is 6.08 Å². The van der Waals surface area contributed by atoms with E-state index in [1.165, 1.54) is 12.2 Å². The van der Waals surface area contributed by atoms with Crippen LogP contribution in [0.4, 0.5) is 0 Å². The van der Waals surface area contributed by atoms with Crippen molar-refractivity contribution in [2.24, 2.45) is 10.3 Å². The number of sulfonamides is 2. The minimum absolute atomic E-state index is 0.373. The number of hydrogen-bond acceptors (Lipinski definition) is 4. The van der Waals surface area contributed by atoms with Gasteiger partial charge in [0.15, 0.2) is 0 Å². The van der Waals surface area contributed by atoms with E-state index in [9.17, 15) is 16.8 Å². The molecule has 1 aromatic rings. The Hall–Kier alpha value is -1.19. The van der Waals surface area contributed by atoms with E-state index in [-0.39, 0.29) is 6.42 Å². The highest BCUT2D eigenvalue weighted by molar-refractivity contribution is 8.08. The fraction of sp³-hybridized carbons (Fsp3) is 0.167. The number of allylic oxidation sites excluding steroid dienone is 3. The van der Waals surface area contributed by atoms with Crippen LogP contribution >= 0.6 is 11.6 Å². The lowest BCUT2D eigenvalue weighted by molar-refractivity contribution is 0.559. The summed E-state index contributed by atoms with van der Waals surface area (Å²) in [4.78, 5) is 0. The normalized spacial score (nSPS) is 18.3. The molecule has 0 bridgehead atoms. The Morgan fingerprint density at radius 3 is 2.05 bits per heavy atom. The molecular formula is C12H13ClN2O4S2. The molecule has 1 aromatic carbocycles. The minimum Gasteiger partial charge on any atom is -0.227 e. The van der Waals surface area contributed by atoms with Crippen LogP contribution < -0.4 is 10.3 Å².